The molecule has 0 saturated heterocycles. The van der Waals surface area contributed by atoms with Crippen molar-refractivity contribution in [2.75, 3.05) is 0 Å². The van der Waals surface area contributed by atoms with Gasteiger partial charge in [-0.1, -0.05) is 6.92 Å². The Kier molecular flexibility index (Phi) is 4.60. The minimum Gasteiger partial charge on any atom is -0.435 e. The highest BCUT2D eigenvalue weighted by molar-refractivity contribution is 9.10. The standard InChI is InChI=1S/C12H13BrClN3O/c1-2-3-17-8-11(7-16-17)18-12-9(5-14)4-10(13)6-15-12/h4,6-8H,2-3,5H2,1H3. The Morgan fingerprint density at radius 3 is 3.00 bits per heavy atom. The molecule has 96 valence electrons. The summed E-state index contributed by atoms with van der Waals surface area (Å²) in [5.41, 5.74) is 0.842. The molecule has 0 aliphatic carbocycles. The number of rotatable bonds is 5. The number of hydrogen-bond acceptors (Lipinski definition) is 3. The molecule has 2 heterocycles. The van der Waals surface area contributed by atoms with Gasteiger partial charge in [0.1, 0.15) is 0 Å². The van der Waals surface area contributed by atoms with E-state index in [1.54, 1.807) is 12.4 Å². The zero-order chi connectivity index (χ0) is 13.0. The first kappa shape index (κ1) is 13.4. The molecular formula is C12H13BrClN3O. The van der Waals surface area contributed by atoms with Crippen LogP contribution in [0.5, 0.6) is 11.6 Å². The molecule has 18 heavy (non-hydrogen) atoms. The van der Waals surface area contributed by atoms with Crippen LogP contribution in [0.3, 0.4) is 0 Å². The van der Waals surface area contributed by atoms with E-state index < -0.39 is 0 Å². The second-order valence-corrected chi connectivity index (χ2v) is 4.98. The van der Waals surface area contributed by atoms with Gasteiger partial charge in [-0.05, 0) is 28.4 Å². The van der Waals surface area contributed by atoms with E-state index in [4.69, 9.17) is 16.3 Å². The third kappa shape index (κ3) is 3.23. The van der Waals surface area contributed by atoms with Crippen molar-refractivity contribution in [3.63, 3.8) is 0 Å². The van der Waals surface area contributed by atoms with Crippen LogP contribution in [0.1, 0.15) is 18.9 Å². The number of nitrogens with zero attached hydrogens (tertiary/aromatic N) is 3. The van der Waals surface area contributed by atoms with E-state index in [-0.39, 0.29) is 0 Å². The molecule has 0 spiro atoms. The van der Waals surface area contributed by atoms with E-state index in [2.05, 4.69) is 32.9 Å². The number of aromatic nitrogens is 3. The molecule has 2 aromatic heterocycles. The molecule has 0 radical (unpaired) electrons. The molecule has 0 aliphatic heterocycles. The average Bonchev–Trinajstić information content (AvgIpc) is 2.79. The number of alkyl halides is 1. The lowest BCUT2D eigenvalue weighted by Gasteiger charge is -2.06. The number of aryl methyl sites for hydroxylation is 1. The van der Waals surface area contributed by atoms with Crippen molar-refractivity contribution < 1.29 is 4.74 Å². The van der Waals surface area contributed by atoms with Crippen molar-refractivity contribution in [1.82, 2.24) is 14.8 Å². The van der Waals surface area contributed by atoms with Crippen LogP contribution in [0.15, 0.2) is 29.1 Å². The molecule has 6 heteroatoms. The number of halogens is 2. The van der Waals surface area contributed by atoms with Gasteiger partial charge in [-0.25, -0.2) is 4.98 Å². The minimum absolute atomic E-state index is 0.352. The molecule has 0 amide bonds. The number of hydrogen-bond donors (Lipinski definition) is 0. The predicted octanol–water partition coefficient (Wildman–Crippen LogP) is 3.98. The number of ether oxygens (including phenoxy) is 1. The Balaban J connectivity index is 2.17. The summed E-state index contributed by atoms with van der Waals surface area (Å²) in [6.45, 7) is 2.98. The summed E-state index contributed by atoms with van der Waals surface area (Å²) in [5, 5.41) is 4.20. The van der Waals surface area contributed by atoms with Gasteiger partial charge in [-0.2, -0.15) is 5.10 Å². The van der Waals surface area contributed by atoms with Crippen molar-refractivity contribution in [2.45, 2.75) is 25.8 Å². The monoisotopic (exact) mass is 329 g/mol. The molecule has 0 N–H and O–H groups in total. The lowest BCUT2D eigenvalue weighted by molar-refractivity contribution is 0.456. The van der Waals surface area contributed by atoms with Crippen LogP contribution in [0.25, 0.3) is 0 Å². The van der Waals surface area contributed by atoms with Crippen molar-refractivity contribution >= 4 is 27.5 Å². The quantitative estimate of drug-likeness (QED) is 0.778. The van der Waals surface area contributed by atoms with Crippen LogP contribution in [0.4, 0.5) is 0 Å². The molecule has 0 saturated carbocycles. The van der Waals surface area contributed by atoms with Crippen LogP contribution in [0, 0.1) is 0 Å². The van der Waals surface area contributed by atoms with E-state index in [1.165, 1.54) is 0 Å². The fourth-order valence-corrected chi connectivity index (χ4v) is 2.09. The molecule has 0 unspecified atom stereocenters. The average molecular weight is 331 g/mol. The van der Waals surface area contributed by atoms with Gasteiger partial charge < -0.3 is 4.74 Å². The maximum absolute atomic E-state index is 5.86. The molecule has 2 aromatic rings. The Hall–Kier alpha value is -1.07. The van der Waals surface area contributed by atoms with Crippen LogP contribution in [-0.4, -0.2) is 14.8 Å². The third-order valence-corrected chi connectivity index (χ3v) is 3.03. The molecule has 0 atom stereocenters. The fourth-order valence-electron chi connectivity index (χ4n) is 1.52. The summed E-state index contributed by atoms with van der Waals surface area (Å²) in [4.78, 5) is 4.21. The van der Waals surface area contributed by atoms with Crippen molar-refractivity contribution in [3.8, 4) is 11.6 Å². The summed E-state index contributed by atoms with van der Waals surface area (Å²) < 4.78 is 8.41. The maximum Gasteiger partial charge on any atom is 0.223 e. The maximum atomic E-state index is 5.86. The van der Waals surface area contributed by atoms with Gasteiger partial charge >= 0.3 is 0 Å². The van der Waals surface area contributed by atoms with E-state index in [1.807, 2.05) is 16.9 Å². The zero-order valence-corrected chi connectivity index (χ0v) is 12.3. The van der Waals surface area contributed by atoms with Gasteiger partial charge in [0.15, 0.2) is 5.75 Å². The highest BCUT2D eigenvalue weighted by atomic mass is 79.9. The molecule has 4 nitrogen and oxygen atoms in total. The SMILES string of the molecule is CCCn1cc(Oc2ncc(Br)cc2CCl)cn1. The largest absolute Gasteiger partial charge is 0.435 e. The second-order valence-electron chi connectivity index (χ2n) is 3.79. The molecule has 0 aliphatic rings. The van der Waals surface area contributed by atoms with Crippen LogP contribution in [-0.2, 0) is 12.4 Å². The lowest BCUT2D eigenvalue weighted by atomic mass is 10.3. The van der Waals surface area contributed by atoms with Gasteiger partial charge in [-0.3, -0.25) is 4.68 Å². The first-order chi connectivity index (χ1) is 8.72. The molecular weight excluding hydrogens is 318 g/mol. The lowest BCUT2D eigenvalue weighted by Crippen LogP contribution is -1.96. The predicted molar refractivity (Wildman–Crippen MR) is 74.1 cm³/mol. The fraction of sp³-hybridized carbons (Fsp3) is 0.333. The first-order valence-corrected chi connectivity index (χ1v) is 6.96. The van der Waals surface area contributed by atoms with Gasteiger partial charge in [0.2, 0.25) is 5.88 Å². The molecule has 2 rings (SSSR count). The van der Waals surface area contributed by atoms with Crippen molar-refractivity contribution in [2.24, 2.45) is 0 Å². The van der Waals surface area contributed by atoms with Gasteiger partial charge in [0.05, 0.1) is 18.3 Å². The summed E-state index contributed by atoms with van der Waals surface area (Å²) in [5.74, 6) is 1.54. The van der Waals surface area contributed by atoms with Gasteiger partial charge in [0, 0.05) is 22.8 Å². The topological polar surface area (TPSA) is 39.9 Å². The van der Waals surface area contributed by atoms with E-state index >= 15 is 0 Å². The van der Waals surface area contributed by atoms with Crippen LogP contribution < -0.4 is 4.74 Å². The van der Waals surface area contributed by atoms with Gasteiger partial charge in [-0.15, -0.1) is 11.6 Å². The normalized spacial score (nSPS) is 10.6. The van der Waals surface area contributed by atoms with Crippen LogP contribution in [0.2, 0.25) is 0 Å². The first-order valence-electron chi connectivity index (χ1n) is 5.63. The zero-order valence-electron chi connectivity index (χ0n) is 9.94. The van der Waals surface area contributed by atoms with E-state index in [0.29, 0.717) is 17.5 Å². The smallest absolute Gasteiger partial charge is 0.223 e. The summed E-state index contributed by atoms with van der Waals surface area (Å²) in [6.07, 6.45) is 6.25. The van der Waals surface area contributed by atoms with Crippen molar-refractivity contribution in [1.29, 1.82) is 0 Å². The Morgan fingerprint density at radius 1 is 1.44 bits per heavy atom. The Labute approximate surface area is 119 Å². The molecule has 0 fully saturated rings. The summed E-state index contributed by atoms with van der Waals surface area (Å²) in [6, 6.07) is 1.89. The Bertz CT molecular complexity index is 530. The summed E-state index contributed by atoms with van der Waals surface area (Å²) in [7, 11) is 0. The minimum atomic E-state index is 0.352. The summed E-state index contributed by atoms with van der Waals surface area (Å²) >= 11 is 9.22. The number of pyridine rings is 1. The molecule has 0 aromatic carbocycles. The van der Waals surface area contributed by atoms with Crippen molar-refractivity contribution in [3.05, 3.63) is 34.7 Å². The van der Waals surface area contributed by atoms with Gasteiger partial charge in [0.25, 0.3) is 0 Å². The second kappa shape index (κ2) is 6.20. The Morgan fingerprint density at radius 2 is 2.28 bits per heavy atom. The van der Waals surface area contributed by atoms with Crippen LogP contribution >= 0.6 is 27.5 Å². The third-order valence-electron chi connectivity index (χ3n) is 2.31. The molecule has 0 bridgehead atoms. The highest BCUT2D eigenvalue weighted by Gasteiger charge is 2.08. The highest BCUT2D eigenvalue weighted by Crippen LogP contribution is 2.26. The van der Waals surface area contributed by atoms with E-state index in [9.17, 15) is 0 Å². The van der Waals surface area contributed by atoms with E-state index in [0.717, 1.165) is 23.0 Å².